The number of rotatable bonds is 12. The van der Waals surface area contributed by atoms with E-state index in [9.17, 15) is 0 Å². The van der Waals surface area contributed by atoms with Crippen LogP contribution in [0.4, 0.5) is 0 Å². The van der Waals surface area contributed by atoms with Gasteiger partial charge in [0.15, 0.2) is 0 Å². The zero-order valence-corrected chi connectivity index (χ0v) is 36.4. The van der Waals surface area contributed by atoms with Crippen LogP contribution in [0.3, 0.4) is 0 Å². The lowest BCUT2D eigenvalue weighted by molar-refractivity contribution is -0.117. The SMILES string of the molecule is CCOCCOCCOCCN1CC2C3=C4C5=C6C7C(C=C8CC9CC%10CC%11CC%12CC(=C%13C4C4C5C5C7C8C7C9C%10C8C%11C(C%13%12)C4C8C57)C3)CC62C1c1cccc(OC)c1. The monoisotopic (exact) mass is 815 g/mol. The summed E-state index contributed by atoms with van der Waals surface area (Å²) in [7, 11) is 1.88. The van der Waals surface area contributed by atoms with Crippen molar-refractivity contribution >= 4 is 0 Å². The fourth-order valence-corrected chi connectivity index (χ4v) is 25.2. The maximum absolute atomic E-state index is 6.49. The smallest absolute Gasteiger partial charge is 0.119 e. The summed E-state index contributed by atoms with van der Waals surface area (Å²) < 4.78 is 24.0. The lowest BCUT2D eigenvalue weighted by Gasteiger charge is -2.60. The largest absolute Gasteiger partial charge is 0.497 e. The van der Waals surface area contributed by atoms with Gasteiger partial charge in [-0.1, -0.05) is 46.1 Å². The van der Waals surface area contributed by atoms with Crippen molar-refractivity contribution in [3.8, 4) is 5.75 Å². The zero-order chi connectivity index (χ0) is 39.1. The molecule has 0 bridgehead atoms. The second kappa shape index (κ2) is 11.1. The second-order valence-corrected chi connectivity index (χ2v) is 25.0. The van der Waals surface area contributed by atoms with Gasteiger partial charge < -0.3 is 18.9 Å². The fourth-order valence-electron chi connectivity index (χ4n) is 25.2. The predicted octanol–water partition coefficient (Wildman–Crippen LogP) is 9.05. The second-order valence-electron chi connectivity index (χ2n) is 25.0. The maximum Gasteiger partial charge on any atom is 0.119 e. The molecule has 11 saturated carbocycles. The first kappa shape index (κ1) is 34.2. The summed E-state index contributed by atoms with van der Waals surface area (Å²) >= 11 is 0. The van der Waals surface area contributed by atoms with Gasteiger partial charge >= 0.3 is 0 Å². The van der Waals surface area contributed by atoms with Crippen molar-refractivity contribution in [2.75, 3.05) is 59.8 Å². The van der Waals surface area contributed by atoms with Crippen molar-refractivity contribution in [1.29, 1.82) is 0 Å². The molecule has 5 heteroatoms. The topological polar surface area (TPSA) is 40.2 Å². The molecule has 1 aliphatic heterocycles. The Morgan fingerprint density at radius 1 is 0.689 bits per heavy atom. The van der Waals surface area contributed by atoms with Crippen LogP contribution in [0.25, 0.3) is 0 Å². The van der Waals surface area contributed by atoms with Gasteiger partial charge in [-0.3, -0.25) is 4.90 Å². The maximum atomic E-state index is 6.49. The molecular weight excluding hydrogens is 751 g/mol. The lowest BCUT2D eigenvalue weighted by Crippen LogP contribution is -2.56. The summed E-state index contributed by atoms with van der Waals surface area (Å²) in [6.07, 6.45) is 13.7. The standard InChI is InChI=1S/C56H65NO4/c1-3-59-9-10-61-12-11-60-8-7-57-22-33-32-20-29-17-26-15-27-14-24-13-25-16-28-18-30-21-56(33,55(57)23-5-4-6-31(19-23)58-2)54-40(30)45-39(28)44-35(25)34(24)42-38(27)43-36(26)37(29)46-41(32)53(54)52-50(45)48(44)47(42)49(43)51(46)52/h4-6,18-19,24-27,30,33-36,38-40,42-52,55H,3,7-17,20-22H2,1-2H3. The zero-order valence-electron chi connectivity index (χ0n) is 36.4. The van der Waals surface area contributed by atoms with Gasteiger partial charge in [0.1, 0.15) is 5.75 Å². The summed E-state index contributed by atoms with van der Waals surface area (Å²) in [4.78, 5) is 2.99. The number of allylic oxidation sites excluding steroid dienone is 6. The van der Waals surface area contributed by atoms with Crippen LogP contribution in [0, 0.1) is 142 Å². The number of hydrogen-bond donors (Lipinski definition) is 0. The Kier molecular flexibility index (Phi) is 6.21. The summed E-state index contributed by atoms with van der Waals surface area (Å²) in [5, 5.41) is 0. The molecule has 25 unspecified atom stereocenters. The minimum atomic E-state index is 0.179. The van der Waals surface area contributed by atoms with E-state index in [1.165, 1.54) is 37.8 Å². The van der Waals surface area contributed by atoms with Crippen molar-refractivity contribution in [1.82, 2.24) is 4.90 Å². The molecule has 318 valence electrons. The van der Waals surface area contributed by atoms with Crippen LogP contribution >= 0.6 is 0 Å². The number of hydrogen-bond acceptors (Lipinski definition) is 5. The van der Waals surface area contributed by atoms with E-state index >= 15 is 0 Å². The Hall–Kier alpha value is -2.18. The van der Waals surface area contributed by atoms with E-state index in [1.807, 2.05) is 25.2 Å². The van der Waals surface area contributed by atoms with Crippen LogP contribution in [0.1, 0.15) is 63.5 Å². The lowest BCUT2D eigenvalue weighted by atomic mass is 9.44. The molecule has 1 spiro atoms. The third kappa shape index (κ3) is 3.47. The molecule has 0 N–H and O–H groups in total. The predicted molar refractivity (Wildman–Crippen MR) is 230 cm³/mol. The van der Waals surface area contributed by atoms with Crippen molar-refractivity contribution in [2.24, 2.45) is 142 Å². The van der Waals surface area contributed by atoms with Crippen molar-refractivity contribution in [2.45, 2.75) is 57.9 Å². The minimum absolute atomic E-state index is 0.179. The highest BCUT2D eigenvalue weighted by Gasteiger charge is 2.86. The van der Waals surface area contributed by atoms with Gasteiger partial charge in [-0.15, -0.1) is 0 Å². The number of likely N-dealkylation sites (tertiary alicyclic amines) is 1. The average Bonchev–Trinajstić information content (AvgIpc) is 4.13. The highest BCUT2D eigenvalue weighted by Crippen LogP contribution is 2.92. The first-order valence-electron chi connectivity index (χ1n) is 26.2. The Bertz CT molecular complexity index is 2370. The molecule has 12 fully saturated rings. The molecule has 5 nitrogen and oxygen atoms in total. The van der Waals surface area contributed by atoms with Crippen LogP contribution in [0.15, 0.2) is 69.4 Å². The van der Waals surface area contributed by atoms with Crippen LogP contribution in [-0.2, 0) is 14.2 Å². The third-order valence-electron chi connectivity index (χ3n) is 24.6. The molecular formula is C56H65NO4. The van der Waals surface area contributed by atoms with Gasteiger partial charge in [-0.2, -0.15) is 0 Å². The summed E-state index contributed by atoms with van der Waals surface area (Å²) in [6, 6.07) is 9.89. The summed E-state index contributed by atoms with van der Waals surface area (Å²) in [5.41, 5.74) is 16.3. The third-order valence-corrected chi connectivity index (χ3v) is 24.6. The van der Waals surface area contributed by atoms with E-state index < -0.39 is 0 Å². The van der Waals surface area contributed by atoms with Crippen LogP contribution in [0.5, 0.6) is 5.75 Å². The van der Waals surface area contributed by atoms with Crippen LogP contribution in [-0.4, -0.2) is 64.7 Å². The van der Waals surface area contributed by atoms with E-state index in [0.717, 1.165) is 156 Å². The van der Waals surface area contributed by atoms with Crippen LogP contribution < -0.4 is 4.74 Å². The molecule has 16 aliphatic carbocycles. The van der Waals surface area contributed by atoms with Gasteiger partial charge in [0.2, 0.25) is 0 Å². The molecule has 61 heavy (non-hydrogen) atoms. The fraction of sp³-hybridized carbons (Fsp3) is 0.750. The number of methoxy groups -OCH3 is 1. The minimum Gasteiger partial charge on any atom is -0.497 e. The molecule has 1 heterocycles. The summed E-state index contributed by atoms with van der Waals surface area (Å²) in [6.45, 7) is 8.39. The summed E-state index contributed by atoms with van der Waals surface area (Å²) in [5.74, 6) is 23.6. The van der Waals surface area contributed by atoms with E-state index in [2.05, 4.69) is 63.1 Å². The number of benzene rings is 1. The molecule has 0 radical (unpaired) electrons. The van der Waals surface area contributed by atoms with Gasteiger partial charge in [-0.25, -0.2) is 0 Å². The van der Waals surface area contributed by atoms with E-state index in [1.54, 1.807) is 19.3 Å². The number of fused-ring (bicyclic) bond motifs is 1. The van der Waals surface area contributed by atoms with Gasteiger partial charge in [0.25, 0.3) is 0 Å². The molecule has 0 aromatic heterocycles. The van der Waals surface area contributed by atoms with Crippen LogP contribution in [0.2, 0.25) is 0 Å². The normalized spacial score (nSPS) is 57.4. The van der Waals surface area contributed by atoms with E-state index in [4.69, 9.17) is 18.9 Å². The molecule has 18 rings (SSSR count). The van der Waals surface area contributed by atoms with Gasteiger partial charge in [0, 0.05) is 43.0 Å². The Morgan fingerprint density at radius 2 is 1.43 bits per heavy atom. The van der Waals surface area contributed by atoms with Crippen molar-refractivity contribution in [3.63, 3.8) is 0 Å². The quantitative estimate of drug-likeness (QED) is 0.156. The number of ether oxygens (including phenoxy) is 4. The molecule has 25 atom stereocenters. The molecule has 1 saturated heterocycles. The Balaban J connectivity index is 0.848. The molecule has 1 aromatic carbocycles. The Labute approximate surface area is 362 Å². The van der Waals surface area contributed by atoms with Crippen molar-refractivity contribution < 1.29 is 18.9 Å². The van der Waals surface area contributed by atoms with Gasteiger partial charge in [0.05, 0.1) is 40.1 Å². The highest BCUT2D eigenvalue weighted by atomic mass is 16.5. The first-order valence-corrected chi connectivity index (χ1v) is 26.2. The van der Waals surface area contributed by atoms with Crippen molar-refractivity contribution in [3.05, 3.63) is 74.9 Å². The average molecular weight is 816 g/mol. The molecule has 1 aromatic rings. The van der Waals surface area contributed by atoms with E-state index in [-0.39, 0.29) is 5.41 Å². The number of nitrogens with zero attached hydrogens (tertiary/aromatic N) is 1. The molecule has 17 aliphatic rings. The Morgan fingerprint density at radius 3 is 2.31 bits per heavy atom. The highest BCUT2D eigenvalue weighted by molar-refractivity contribution is 5.68. The molecule has 0 amide bonds. The van der Waals surface area contributed by atoms with Gasteiger partial charge in [-0.05, 0) is 205 Å². The van der Waals surface area contributed by atoms with E-state index in [0.29, 0.717) is 38.4 Å². The first-order chi connectivity index (χ1) is 30.2.